The zero-order valence-corrected chi connectivity index (χ0v) is 12.4. The smallest absolute Gasteiger partial charge is 0.269 e. The number of carbonyl (C=O) groups excluding carboxylic acids is 1. The molecule has 1 aromatic carbocycles. The second-order valence-electron chi connectivity index (χ2n) is 3.29. The maximum atomic E-state index is 11.8. The van der Waals surface area contributed by atoms with Crippen molar-refractivity contribution >= 4 is 39.2 Å². The van der Waals surface area contributed by atoms with Crippen LogP contribution in [-0.4, -0.2) is 24.7 Å². The number of hydrogen-bond acceptors (Lipinski definition) is 3. The lowest BCUT2D eigenvalue weighted by Gasteiger charge is -2.11. The topological polar surface area (TPSA) is 62.4 Å². The van der Waals surface area contributed by atoms with Crippen LogP contribution in [0.15, 0.2) is 22.7 Å². The minimum absolute atomic E-state index is 0.279. The Morgan fingerprint density at radius 3 is 2.72 bits per heavy atom. The summed E-state index contributed by atoms with van der Waals surface area (Å²) in [5, 5.41) is 3.23. The molecule has 0 aliphatic carbocycles. The highest BCUT2D eigenvalue weighted by atomic mass is 79.9. The van der Waals surface area contributed by atoms with E-state index >= 15 is 0 Å². The van der Waals surface area contributed by atoms with Gasteiger partial charge >= 0.3 is 0 Å². The monoisotopic (exact) mass is 331 g/mol. The van der Waals surface area contributed by atoms with Gasteiger partial charge in [0.05, 0.1) is 11.6 Å². The van der Waals surface area contributed by atoms with Gasteiger partial charge in [-0.3, -0.25) is 15.6 Å². The summed E-state index contributed by atoms with van der Waals surface area (Å²) in [5.74, 6) is 0.390. The van der Waals surface area contributed by atoms with Crippen molar-refractivity contribution in [2.75, 3.05) is 13.7 Å². The van der Waals surface area contributed by atoms with Gasteiger partial charge in [-0.15, -0.1) is 0 Å². The standard InChI is InChI=1S/C11H14BrN3O2S/c1-3-13-11(18)15-14-10(16)7-4-5-9(17-2)8(12)6-7/h4-6H,3H2,1-2H3,(H,14,16)(H2,13,15,18). The van der Waals surface area contributed by atoms with Crippen LogP contribution in [0, 0.1) is 0 Å². The van der Waals surface area contributed by atoms with E-state index in [0.717, 1.165) is 0 Å². The number of nitrogens with one attached hydrogen (secondary N) is 3. The van der Waals surface area contributed by atoms with E-state index in [2.05, 4.69) is 32.1 Å². The first kappa shape index (κ1) is 14.7. The summed E-state index contributed by atoms with van der Waals surface area (Å²) in [6.45, 7) is 2.60. The number of benzene rings is 1. The second kappa shape index (κ2) is 7.17. The number of amides is 1. The Bertz CT molecular complexity index is 454. The molecule has 3 N–H and O–H groups in total. The number of methoxy groups -OCH3 is 1. The van der Waals surface area contributed by atoms with E-state index in [4.69, 9.17) is 17.0 Å². The third-order valence-corrected chi connectivity index (χ3v) is 2.91. The van der Waals surface area contributed by atoms with Crippen LogP contribution >= 0.6 is 28.1 Å². The van der Waals surface area contributed by atoms with E-state index in [-0.39, 0.29) is 5.91 Å². The molecule has 7 heteroatoms. The fourth-order valence-electron chi connectivity index (χ4n) is 1.20. The van der Waals surface area contributed by atoms with Crippen LogP contribution in [0.2, 0.25) is 0 Å². The van der Waals surface area contributed by atoms with Gasteiger partial charge in [-0.25, -0.2) is 0 Å². The van der Waals surface area contributed by atoms with Crippen LogP contribution in [0.5, 0.6) is 5.75 Å². The molecule has 1 amide bonds. The highest BCUT2D eigenvalue weighted by molar-refractivity contribution is 9.10. The molecule has 0 heterocycles. The van der Waals surface area contributed by atoms with Crippen molar-refractivity contribution in [2.45, 2.75) is 6.92 Å². The lowest BCUT2D eigenvalue weighted by molar-refractivity contribution is 0.0943. The molecular formula is C11H14BrN3O2S. The Balaban J connectivity index is 2.62. The van der Waals surface area contributed by atoms with Crippen LogP contribution in [0.3, 0.4) is 0 Å². The molecule has 0 aliphatic heterocycles. The molecule has 0 fully saturated rings. The van der Waals surface area contributed by atoms with Gasteiger partial charge in [0, 0.05) is 12.1 Å². The molecule has 0 spiro atoms. The van der Waals surface area contributed by atoms with Gasteiger partial charge in [-0.05, 0) is 53.3 Å². The van der Waals surface area contributed by atoms with Gasteiger partial charge in [0.15, 0.2) is 5.11 Å². The minimum Gasteiger partial charge on any atom is -0.496 e. The SMILES string of the molecule is CCNC(=S)NNC(=O)c1ccc(OC)c(Br)c1. The summed E-state index contributed by atoms with van der Waals surface area (Å²) in [4.78, 5) is 11.8. The minimum atomic E-state index is -0.279. The highest BCUT2D eigenvalue weighted by Crippen LogP contribution is 2.25. The fourth-order valence-corrected chi connectivity index (χ4v) is 1.93. The van der Waals surface area contributed by atoms with E-state index in [1.54, 1.807) is 25.3 Å². The number of halogens is 1. The van der Waals surface area contributed by atoms with Crippen LogP contribution < -0.4 is 20.9 Å². The molecule has 0 aromatic heterocycles. The number of hydrogen-bond donors (Lipinski definition) is 3. The maximum Gasteiger partial charge on any atom is 0.269 e. The molecule has 0 unspecified atom stereocenters. The first-order chi connectivity index (χ1) is 8.58. The maximum absolute atomic E-state index is 11.8. The van der Waals surface area contributed by atoms with E-state index in [1.807, 2.05) is 6.92 Å². The first-order valence-electron chi connectivity index (χ1n) is 5.26. The molecule has 5 nitrogen and oxygen atoms in total. The van der Waals surface area contributed by atoms with Gasteiger partial charge in [-0.2, -0.15) is 0 Å². The summed E-state index contributed by atoms with van der Waals surface area (Å²) >= 11 is 8.24. The second-order valence-corrected chi connectivity index (χ2v) is 4.55. The van der Waals surface area contributed by atoms with Gasteiger partial charge in [-0.1, -0.05) is 0 Å². The summed E-state index contributed by atoms with van der Waals surface area (Å²) in [5.41, 5.74) is 5.59. The van der Waals surface area contributed by atoms with Gasteiger partial charge in [0.2, 0.25) is 0 Å². The number of rotatable bonds is 3. The van der Waals surface area contributed by atoms with Crippen LogP contribution in [0.1, 0.15) is 17.3 Å². The molecule has 98 valence electrons. The van der Waals surface area contributed by atoms with Crippen molar-refractivity contribution in [3.05, 3.63) is 28.2 Å². The Morgan fingerprint density at radius 2 is 2.17 bits per heavy atom. The van der Waals surface area contributed by atoms with Crippen molar-refractivity contribution < 1.29 is 9.53 Å². The lowest BCUT2D eigenvalue weighted by atomic mass is 10.2. The van der Waals surface area contributed by atoms with Crippen molar-refractivity contribution in [1.82, 2.24) is 16.2 Å². The van der Waals surface area contributed by atoms with Crippen LogP contribution in [-0.2, 0) is 0 Å². The van der Waals surface area contributed by atoms with Crippen molar-refractivity contribution in [1.29, 1.82) is 0 Å². The summed E-state index contributed by atoms with van der Waals surface area (Å²) in [6, 6.07) is 5.05. The molecule has 0 bridgehead atoms. The third kappa shape index (κ3) is 4.15. The Labute approximate surface area is 119 Å². The molecule has 0 aliphatic rings. The van der Waals surface area contributed by atoms with E-state index in [1.165, 1.54) is 0 Å². The molecule has 0 saturated heterocycles. The van der Waals surface area contributed by atoms with E-state index in [9.17, 15) is 4.79 Å². The Morgan fingerprint density at radius 1 is 1.44 bits per heavy atom. The predicted octanol–water partition coefficient (Wildman–Crippen LogP) is 1.59. The predicted molar refractivity (Wildman–Crippen MR) is 77.6 cm³/mol. The number of carbonyl (C=O) groups is 1. The zero-order valence-electron chi connectivity index (χ0n) is 10.0. The first-order valence-corrected chi connectivity index (χ1v) is 6.46. The molecule has 0 atom stereocenters. The average molecular weight is 332 g/mol. The average Bonchev–Trinajstić information content (AvgIpc) is 2.36. The number of ether oxygens (including phenoxy) is 1. The molecule has 18 heavy (non-hydrogen) atoms. The van der Waals surface area contributed by atoms with Gasteiger partial charge in [0.1, 0.15) is 5.75 Å². The van der Waals surface area contributed by atoms with Crippen molar-refractivity contribution in [2.24, 2.45) is 0 Å². The third-order valence-electron chi connectivity index (χ3n) is 2.04. The molecular weight excluding hydrogens is 318 g/mol. The van der Waals surface area contributed by atoms with Gasteiger partial charge in [0.25, 0.3) is 5.91 Å². The van der Waals surface area contributed by atoms with Crippen molar-refractivity contribution in [3.63, 3.8) is 0 Å². The molecule has 0 saturated carbocycles. The number of thiocarbonyl (C=S) groups is 1. The summed E-state index contributed by atoms with van der Waals surface area (Å²) in [6.07, 6.45) is 0. The largest absolute Gasteiger partial charge is 0.496 e. The van der Waals surface area contributed by atoms with Crippen LogP contribution in [0.25, 0.3) is 0 Å². The fraction of sp³-hybridized carbons (Fsp3) is 0.273. The Kier molecular flexibility index (Phi) is 5.87. The highest BCUT2D eigenvalue weighted by Gasteiger charge is 2.08. The lowest BCUT2D eigenvalue weighted by Crippen LogP contribution is -2.46. The summed E-state index contributed by atoms with van der Waals surface area (Å²) < 4.78 is 5.80. The Hall–Kier alpha value is -1.34. The molecule has 0 radical (unpaired) electrons. The van der Waals surface area contributed by atoms with E-state index in [0.29, 0.717) is 27.4 Å². The van der Waals surface area contributed by atoms with E-state index < -0.39 is 0 Å². The van der Waals surface area contributed by atoms with Crippen LogP contribution in [0.4, 0.5) is 0 Å². The summed E-state index contributed by atoms with van der Waals surface area (Å²) in [7, 11) is 1.57. The number of hydrazine groups is 1. The quantitative estimate of drug-likeness (QED) is 0.580. The molecule has 1 rings (SSSR count). The van der Waals surface area contributed by atoms with Crippen molar-refractivity contribution in [3.8, 4) is 5.75 Å². The molecule has 1 aromatic rings. The zero-order chi connectivity index (χ0) is 13.5. The normalized spacial score (nSPS) is 9.50. The van der Waals surface area contributed by atoms with Gasteiger partial charge < -0.3 is 10.1 Å².